The van der Waals surface area contributed by atoms with E-state index in [1.165, 1.54) is 5.56 Å². The molecule has 1 spiro atoms. The number of aliphatic carboxylic acids is 1. The highest BCUT2D eigenvalue weighted by Crippen LogP contribution is 2.37. The Morgan fingerprint density at radius 3 is 2.48 bits per heavy atom. The molecule has 1 aromatic rings. The van der Waals surface area contributed by atoms with Crippen LogP contribution in [0.4, 0.5) is 0 Å². The van der Waals surface area contributed by atoms with Crippen molar-refractivity contribution in [3.63, 3.8) is 0 Å². The smallest absolute Gasteiger partial charge is 0.309 e. The lowest BCUT2D eigenvalue weighted by Gasteiger charge is -2.41. The van der Waals surface area contributed by atoms with E-state index in [1.54, 1.807) is 4.90 Å². The van der Waals surface area contributed by atoms with Gasteiger partial charge in [0.2, 0.25) is 11.8 Å². The number of aryl methyl sites for hydroxylation is 2. The molecule has 6 heteroatoms. The Hall–Kier alpha value is -2.37. The van der Waals surface area contributed by atoms with Gasteiger partial charge >= 0.3 is 5.97 Å². The lowest BCUT2D eigenvalue weighted by molar-refractivity contribution is -0.145. The summed E-state index contributed by atoms with van der Waals surface area (Å²) in [7, 11) is 0. The molecule has 2 heterocycles. The summed E-state index contributed by atoms with van der Waals surface area (Å²) in [6.07, 6.45) is 2.20. The molecule has 3 rings (SSSR count). The van der Waals surface area contributed by atoms with Crippen molar-refractivity contribution in [3.8, 4) is 0 Å². The van der Waals surface area contributed by atoms with Gasteiger partial charge in [0.15, 0.2) is 0 Å². The molecule has 2 fully saturated rings. The fourth-order valence-electron chi connectivity index (χ4n) is 3.91. The summed E-state index contributed by atoms with van der Waals surface area (Å²) in [4.78, 5) is 37.4. The number of carboxylic acids is 1. The van der Waals surface area contributed by atoms with Crippen molar-refractivity contribution < 1.29 is 19.5 Å². The molecule has 0 aliphatic carbocycles. The lowest BCUT2D eigenvalue weighted by Crippen LogP contribution is -2.56. The number of carbonyl (C=O) groups excluding carboxylic acids is 2. The van der Waals surface area contributed by atoms with E-state index >= 15 is 0 Å². The summed E-state index contributed by atoms with van der Waals surface area (Å²) in [5, 5.41) is 12.2. The number of carboxylic acid groups (broad SMARTS) is 1. The van der Waals surface area contributed by atoms with E-state index in [1.807, 2.05) is 31.2 Å². The van der Waals surface area contributed by atoms with Crippen molar-refractivity contribution in [2.45, 2.75) is 44.6 Å². The quantitative estimate of drug-likeness (QED) is 0.867. The first-order valence-corrected chi connectivity index (χ1v) is 8.77. The minimum Gasteiger partial charge on any atom is -0.481 e. The number of likely N-dealkylation sites (tertiary alicyclic amines) is 1. The number of piperidine rings is 1. The van der Waals surface area contributed by atoms with Gasteiger partial charge in [-0.2, -0.15) is 0 Å². The van der Waals surface area contributed by atoms with Gasteiger partial charge in [-0.3, -0.25) is 14.4 Å². The molecule has 0 bridgehead atoms. The van der Waals surface area contributed by atoms with E-state index in [9.17, 15) is 19.5 Å². The molecule has 25 heavy (non-hydrogen) atoms. The van der Waals surface area contributed by atoms with E-state index in [2.05, 4.69) is 5.32 Å². The average molecular weight is 344 g/mol. The lowest BCUT2D eigenvalue weighted by atomic mass is 9.77. The highest BCUT2D eigenvalue weighted by Gasteiger charge is 2.51. The number of nitrogens with zero attached hydrogens (tertiary/aromatic N) is 1. The van der Waals surface area contributed by atoms with Crippen molar-refractivity contribution in [3.05, 3.63) is 35.4 Å². The van der Waals surface area contributed by atoms with E-state index < -0.39 is 17.4 Å². The Morgan fingerprint density at radius 1 is 1.24 bits per heavy atom. The number of hydrogen-bond donors (Lipinski definition) is 2. The second-order valence-corrected chi connectivity index (χ2v) is 7.17. The summed E-state index contributed by atoms with van der Waals surface area (Å²) in [5.74, 6) is -1.74. The minimum absolute atomic E-state index is 0.0384. The standard InChI is InChI=1S/C19H24N2O4/c1-13-2-4-14(5-3-13)6-7-17(23)21-10-8-19(9-11-21)15(18(24)25)12-16(22)20-19/h2-5,15H,6-12H2,1H3,(H,20,22)(H,24,25)/t15-/m0/s1. The van der Waals surface area contributed by atoms with Crippen LogP contribution >= 0.6 is 0 Å². The first-order valence-electron chi connectivity index (χ1n) is 8.77. The Bertz CT molecular complexity index is 675. The number of hydrogen-bond acceptors (Lipinski definition) is 3. The molecule has 0 aromatic heterocycles. The molecule has 0 saturated carbocycles. The number of benzene rings is 1. The zero-order valence-corrected chi connectivity index (χ0v) is 14.5. The highest BCUT2D eigenvalue weighted by atomic mass is 16.4. The molecule has 1 atom stereocenters. The molecule has 1 aromatic carbocycles. The Morgan fingerprint density at radius 2 is 1.88 bits per heavy atom. The second kappa shape index (κ2) is 6.86. The molecule has 0 unspecified atom stereocenters. The first kappa shape index (κ1) is 17.5. The third-order valence-corrected chi connectivity index (χ3v) is 5.50. The molecular weight excluding hydrogens is 320 g/mol. The maximum Gasteiger partial charge on any atom is 0.309 e. The summed E-state index contributed by atoms with van der Waals surface area (Å²) < 4.78 is 0. The van der Waals surface area contributed by atoms with Crippen LogP contribution in [0.15, 0.2) is 24.3 Å². The predicted octanol–water partition coefficient (Wildman–Crippen LogP) is 1.51. The Kier molecular flexibility index (Phi) is 4.79. The van der Waals surface area contributed by atoms with Crippen LogP contribution in [0.5, 0.6) is 0 Å². The van der Waals surface area contributed by atoms with Crippen LogP contribution in [-0.2, 0) is 20.8 Å². The van der Waals surface area contributed by atoms with Crippen molar-refractivity contribution in [1.82, 2.24) is 10.2 Å². The summed E-state index contributed by atoms with van der Waals surface area (Å²) >= 11 is 0. The van der Waals surface area contributed by atoms with Gasteiger partial charge < -0.3 is 15.3 Å². The zero-order chi connectivity index (χ0) is 18.0. The van der Waals surface area contributed by atoms with Gasteiger partial charge in [-0.05, 0) is 31.7 Å². The third kappa shape index (κ3) is 3.67. The summed E-state index contributed by atoms with van der Waals surface area (Å²) in [5.41, 5.74) is 1.65. The van der Waals surface area contributed by atoms with E-state index in [0.29, 0.717) is 38.8 Å². The van der Waals surface area contributed by atoms with Crippen molar-refractivity contribution in [2.24, 2.45) is 5.92 Å². The average Bonchev–Trinajstić information content (AvgIpc) is 2.91. The largest absolute Gasteiger partial charge is 0.481 e. The fourth-order valence-corrected chi connectivity index (χ4v) is 3.91. The van der Waals surface area contributed by atoms with Crippen LogP contribution in [0, 0.1) is 12.8 Å². The normalized spacial score (nSPS) is 22.0. The Balaban J connectivity index is 1.54. The Labute approximate surface area is 147 Å². The topological polar surface area (TPSA) is 86.7 Å². The first-order chi connectivity index (χ1) is 11.9. The third-order valence-electron chi connectivity index (χ3n) is 5.50. The zero-order valence-electron chi connectivity index (χ0n) is 14.5. The maximum atomic E-state index is 12.4. The van der Waals surface area contributed by atoms with Crippen LogP contribution in [0.1, 0.15) is 36.8 Å². The number of nitrogens with one attached hydrogen (secondary N) is 1. The van der Waals surface area contributed by atoms with Crippen LogP contribution in [0.25, 0.3) is 0 Å². The van der Waals surface area contributed by atoms with Gasteiger partial charge in [-0.25, -0.2) is 0 Å². The number of amides is 2. The van der Waals surface area contributed by atoms with E-state index in [-0.39, 0.29) is 18.2 Å². The van der Waals surface area contributed by atoms with Crippen LogP contribution in [0.2, 0.25) is 0 Å². The molecule has 2 aliphatic heterocycles. The number of rotatable bonds is 4. The molecule has 6 nitrogen and oxygen atoms in total. The molecule has 0 radical (unpaired) electrons. The van der Waals surface area contributed by atoms with Crippen LogP contribution < -0.4 is 5.32 Å². The van der Waals surface area contributed by atoms with Crippen molar-refractivity contribution in [1.29, 1.82) is 0 Å². The molecule has 2 saturated heterocycles. The predicted molar refractivity (Wildman–Crippen MR) is 91.9 cm³/mol. The molecular formula is C19H24N2O4. The SMILES string of the molecule is Cc1ccc(CCC(=O)N2CCC3(CC2)NC(=O)C[C@H]3C(=O)O)cc1. The molecule has 2 N–H and O–H groups in total. The minimum atomic E-state index is -0.933. The fraction of sp³-hybridized carbons (Fsp3) is 0.526. The van der Waals surface area contributed by atoms with Gasteiger partial charge in [-0.15, -0.1) is 0 Å². The highest BCUT2D eigenvalue weighted by molar-refractivity contribution is 5.88. The van der Waals surface area contributed by atoms with Gasteiger partial charge in [0, 0.05) is 25.9 Å². The van der Waals surface area contributed by atoms with Gasteiger partial charge in [0.25, 0.3) is 0 Å². The van der Waals surface area contributed by atoms with Crippen LogP contribution in [-0.4, -0.2) is 46.4 Å². The van der Waals surface area contributed by atoms with Crippen molar-refractivity contribution in [2.75, 3.05) is 13.1 Å². The van der Waals surface area contributed by atoms with Gasteiger partial charge in [0.1, 0.15) is 0 Å². The van der Waals surface area contributed by atoms with E-state index in [4.69, 9.17) is 0 Å². The molecule has 134 valence electrons. The molecule has 2 aliphatic rings. The summed E-state index contributed by atoms with van der Waals surface area (Å²) in [6, 6.07) is 8.16. The van der Waals surface area contributed by atoms with Crippen molar-refractivity contribution >= 4 is 17.8 Å². The monoisotopic (exact) mass is 344 g/mol. The second-order valence-electron chi connectivity index (χ2n) is 7.17. The summed E-state index contributed by atoms with van der Waals surface area (Å²) in [6.45, 7) is 3.03. The van der Waals surface area contributed by atoms with E-state index in [0.717, 1.165) is 5.56 Å². The maximum absolute atomic E-state index is 12.4. The van der Waals surface area contributed by atoms with Crippen LogP contribution in [0.3, 0.4) is 0 Å². The number of carbonyl (C=O) groups is 3. The van der Waals surface area contributed by atoms with Gasteiger partial charge in [0.05, 0.1) is 11.5 Å². The molecule has 2 amide bonds. The van der Waals surface area contributed by atoms with Gasteiger partial charge in [-0.1, -0.05) is 29.8 Å².